The molecule has 6 aromatic carbocycles. The van der Waals surface area contributed by atoms with E-state index in [0.29, 0.717) is 0 Å². The number of nitrogens with zero attached hydrogens (tertiary/aromatic N) is 3. The first-order chi connectivity index (χ1) is 31.7. The van der Waals surface area contributed by atoms with E-state index in [4.69, 9.17) is 0 Å². The molecule has 67 heavy (non-hydrogen) atoms. The Bertz CT molecular complexity index is 3350. The molecule has 1 saturated carbocycles. The lowest BCUT2D eigenvalue weighted by Gasteiger charge is -2.50. The highest BCUT2D eigenvalue weighted by atomic mass is 15.3. The van der Waals surface area contributed by atoms with Gasteiger partial charge >= 0.3 is 0 Å². The Morgan fingerprint density at radius 1 is 0.567 bits per heavy atom. The van der Waals surface area contributed by atoms with Crippen LogP contribution in [-0.4, -0.2) is 16.8 Å². The maximum atomic E-state index is 2.81. The van der Waals surface area contributed by atoms with Gasteiger partial charge in [0.05, 0.1) is 11.2 Å². The Labute approximate surface area is 400 Å². The van der Waals surface area contributed by atoms with Crippen LogP contribution >= 0.6 is 0 Å². The summed E-state index contributed by atoms with van der Waals surface area (Å²) in [5, 5.41) is 1.39. The SMILES string of the molecule is Cc1cc2c3c(c1)-n1c4c(c5cccc(c51)B3c1ccc(N3c5ccc(C(C)(C)C)cc5C5(C)CCCCC35C)cc1N2c1cc2c(cc1C)C(C)(C)CCC2(C)C)C(C)(C)c1ccccc1-4. The Kier molecular flexibility index (Phi) is 8.08. The van der Waals surface area contributed by atoms with Crippen LogP contribution in [-0.2, 0) is 27.1 Å². The van der Waals surface area contributed by atoms with E-state index in [1.165, 1.54) is 156 Å². The van der Waals surface area contributed by atoms with Gasteiger partial charge in [-0.25, -0.2) is 0 Å². The van der Waals surface area contributed by atoms with Crippen molar-refractivity contribution in [3.05, 3.63) is 148 Å². The molecule has 0 radical (unpaired) electrons. The van der Waals surface area contributed by atoms with E-state index in [1.807, 2.05) is 0 Å². The van der Waals surface area contributed by atoms with E-state index in [1.54, 1.807) is 0 Å². The predicted octanol–water partition coefficient (Wildman–Crippen LogP) is 14.6. The topological polar surface area (TPSA) is 11.4 Å². The van der Waals surface area contributed by atoms with E-state index in [-0.39, 0.29) is 39.3 Å². The highest BCUT2D eigenvalue weighted by molar-refractivity contribution is 7.00. The van der Waals surface area contributed by atoms with E-state index in [0.717, 1.165) is 0 Å². The van der Waals surface area contributed by atoms with Gasteiger partial charge in [0.2, 0.25) is 0 Å². The second-order valence-electron chi connectivity index (χ2n) is 25.3. The molecule has 7 aromatic rings. The minimum atomic E-state index is -0.121. The number of aromatic nitrogens is 1. The lowest BCUT2D eigenvalue weighted by atomic mass is 9.33. The Morgan fingerprint density at radius 2 is 1.28 bits per heavy atom. The van der Waals surface area contributed by atoms with Gasteiger partial charge in [-0.15, -0.1) is 0 Å². The van der Waals surface area contributed by atoms with Gasteiger partial charge in [-0.1, -0.05) is 149 Å². The molecule has 0 spiro atoms. The molecular weight excluding hydrogens is 810 g/mol. The quantitative estimate of drug-likeness (QED) is 0.160. The summed E-state index contributed by atoms with van der Waals surface area (Å²) in [6, 6.07) is 41.9. The smallest absolute Gasteiger partial charge is 0.252 e. The number of benzene rings is 6. The summed E-state index contributed by atoms with van der Waals surface area (Å²) >= 11 is 0. The maximum absolute atomic E-state index is 2.81. The van der Waals surface area contributed by atoms with Gasteiger partial charge in [0.15, 0.2) is 0 Å². The molecule has 4 heterocycles. The van der Waals surface area contributed by atoms with Crippen LogP contribution in [0.1, 0.15) is 159 Å². The van der Waals surface area contributed by atoms with Crippen molar-refractivity contribution in [3.63, 3.8) is 0 Å². The van der Waals surface area contributed by atoms with Gasteiger partial charge in [0.25, 0.3) is 6.71 Å². The molecule has 3 nitrogen and oxygen atoms in total. The molecule has 0 saturated heterocycles. The summed E-state index contributed by atoms with van der Waals surface area (Å²) < 4.78 is 2.70. The van der Waals surface area contributed by atoms with Crippen LogP contribution in [0.25, 0.3) is 27.8 Å². The van der Waals surface area contributed by atoms with Gasteiger partial charge in [-0.05, 0) is 160 Å². The average molecular weight is 878 g/mol. The minimum Gasteiger partial charge on any atom is -0.334 e. The highest BCUT2D eigenvalue weighted by Gasteiger charge is 2.58. The summed E-state index contributed by atoms with van der Waals surface area (Å²) in [6.07, 6.45) is 7.31. The van der Waals surface area contributed by atoms with Crippen molar-refractivity contribution in [1.82, 2.24) is 4.57 Å². The number of para-hydroxylation sites is 1. The molecule has 1 fully saturated rings. The van der Waals surface area contributed by atoms with E-state index in [2.05, 4.69) is 208 Å². The maximum Gasteiger partial charge on any atom is 0.252 e. The summed E-state index contributed by atoms with van der Waals surface area (Å²) in [4.78, 5) is 5.55. The molecule has 338 valence electrons. The van der Waals surface area contributed by atoms with Crippen LogP contribution in [0.5, 0.6) is 0 Å². The van der Waals surface area contributed by atoms with Crippen LogP contribution in [0.4, 0.5) is 28.4 Å². The van der Waals surface area contributed by atoms with Gasteiger partial charge in [0, 0.05) is 61.4 Å². The Morgan fingerprint density at radius 3 is 2.04 bits per heavy atom. The molecule has 4 heteroatoms. The fourth-order valence-corrected chi connectivity index (χ4v) is 15.1. The van der Waals surface area contributed by atoms with Crippen molar-refractivity contribution in [2.45, 2.75) is 161 Å². The van der Waals surface area contributed by atoms with E-state index < -0.39 is 0 Å². The van der Waals surface area contributed by atoms with E-state index >= 15 is 0 Å². The fraction of sp³-hybridized carbons (Fsp3) is 0.397. The molecule has 0 bridgehead atoms. The zero-order chi connectivity index (χ0) is 46.7. The zero-order valence-electron chi connectivity index (χ0n) is 42.5. The van der Waals surface area contributed by atoms with Crippen LogP contribution in [0.15, 0.2) is 103 Å². The summed E-state index contributed by atoms with van der Waals surface area (Å²) in [6.45, 7) is 31.9. The number of rotatable bonds is 2. The Hall–Kier alpha value is -5.48. The molecule has 0 amide bonds. The fourth-order valence-electron chi connectivity index (χ4n) is 15.1. The first-order valence-corrected chi connectivity index (χ1v) is 25.6. The molecule has 13 rings (SSSR count). The minimum absolute atomic E-state index is 0.0424. The molecule has 2 atom stereocenters. The lowest BCUT2D eigenvalue weighted by molar-refractivity contribution is 0.195. The molecule has 2 unspecified atom stereocenters. The van der Waals surface area contributed by atoms with Crippen LogP contribution < -0.4 is 26.2 Å². The number of fused-ring (bicyclic) bond motifs is 13. The standard InChI is InChI=1S/C63H68BN3/c1-37-31-52-55-53(32-37)66-56-42(54-57(66)41-19-14-15-21-43(41)61(54,10)11)20-18-22-48(56)64(55)47-25-24-40(35-51(47)65(52)50-36-45-44(33-38(50)2)59(6,7)29-30-60(45,8)9)67-49-26-23-39(58(3,4)5)34-46(49)62(12)27-16-17-28-63(62,67)13/h14-15,18-26,31-36H,16-17,27-30H2,1-13H3. The van der Waals surface area contributed by atoms with Crippen LogP contribution in [0.2, 0.25) is 0 Å². The summed E-state index contributed by atoms with van der Waals surface area (Å²) in [7, 11) is 0. The Balaban J connectivity index is 1.12. The van der Waals surface area contributed by atoms with Gasteiger partial charge in [0.1, 0.15) is 0 Å². The molecule has 3 aliphatic carbocycles. The van der Waals surface area contributed by atoms with Gasteiger partial charge in [-0.3, -0.25) is 0 Å². The van der Waals surface area contributed by atoms with E-state index in [9.17, 15) is 0 Å². The molecule has 3 aliphatic heterocycles. The third kappa shape index (κ3) is 5.16. The van der Waals surface area contributed by atoms with Crippen molar-refractivity contribution in [1.29, 1.82) is 0 Å². The van der Waals surface area contributed by atoms with Gasteiger partial charge < -0.3 is 14.4 Å². The normalized spacial score (nSPS) is 23.0. The van der Waals surface area contributed by atoms with Crippen molar-refractivity contribution < 1.29 is 0 Å². The van der Waals surface area contributed by atoms with Crippen molar-refractivity contribution in [2.24, 2.45) is 0 Å². The van der Waals surface area contributed by atoms with Crippen molar-refractivity contribution >= 4 is 62.4 Å². The number of anilines is 5. The molecule has 6 aliphatic rings. The third-order valence-electron chi connectivity index (χ3n) is 19.1. The first kappa shape index (κ1) is 41.7. The lowest BCUT2D eigenvalue weighted by Crippen LogP contribution is -2.60. The molecule has 1 aromatic heterocycles. The molecule has 0 N–H and O–H groups in total. The number of hydrogen-bond acceptors (Lipinski definition) is 2. The second-order valence-corrected chi connectivity index (χ2v) is 25.3. The predicted molar refractivity (Wildman–Crippen MR) is 286 cm³/mol. The first-order valence-electron chi connectivity index (χ1n) is 25.6. The van der Waals surface area contributed by atoms with Crippen molar-refractivity contribution in [2.75, 3.05) is 9.80 Å². The van der Waals surface area contributed by atoms with Crippen LogP contribution in [0.3, 0.4) is 0 Å². The van der Waals surface area contributed by atoms with Gasteiger partial charge in [-0.2, -0.15) is 0 Å². The summed E-state index contributed by atoms with van der Waals surface area (Å²) in [5.74, 6) is 0. The number of hydrogen-bond donors (Lipinski definition) is 0. The second kappa shape index (κ2) is 13.0. The average Bonchev–Trinajstić information content (AvgIpc) is 3.83. The zero-order valence-corrected chi connectivity index (χ0v) is 42.5. The monoisotopic (exact) mass is 878 g/mol. The van der Waals surface area contributed by atoms with Crippen LogP contribution in [0, 0.1) is 13.8 Å². The molecular formula is C63H68BN3. The van der Waals surface area contributed by atoms with Crippen molar-refractivity contribution in [3.8, 4) is 16.9 Å². The third-order valence-corrected chi connectivity index (χ3v) is 19.1. The number of aryl methyl sites for hydroxylation is 2. The summed E-state index contributed by atoms with van der Waals surface area (Å²) in [5.41, 5.74) is 28.1. The largest absolute Gasteiger partial charge is 0.334 e. The highest BCUT2D eigenvalue weighted by Crippen LogP contribution is 2.62.